The van der Waals surface area contributed by atoms with Crippen molar-refractivity contribution in [3.8, 4) is 0 Å². The second kappa shape index (κ2) is 6.06. The maximum absolute atomic E-state index is 4.86. The van der Waals surface area contributed by atoms with Crippen molar-refractivity contribution in [3.05, 3.63) is 82.1 Å². The minimum Gasteiger partial charge on any atom is -0.327 e. The molecule has 0 saturated carbocycles. The van der Waals surface area contributed by atoms with E-state index >= 15 is 0 Å². The maximum atomic E-state index is 4.86. The number of hydrogen-bond acceptors (Lipinski definition) is 3. The fourth-order valence-corrected chi connectivity index (χ4v) is 3.61. The van der Waals surface area contributed by atoms with E-state index in [2.05, 4.69) is 41.3 Å². The molecule has 2 aromatic heterocycles. The van der Waals surface area contributed by atoms with Crippen LogP contribution < -0.4 is 0 Å². The summed E-state index contributed by atoms with van der Waals surface area (Å²) in [5.74, 6) is 0.939. The van der Waals surface area contributed by atoms with Crippen molar-refractivity contribution in [2.24, 2.45) is 7.05 Å². The Morgan fingerprint density at radius 1 is 1.00 bits per heavy atom. The number of para-hydroxylation sites is 2. The molecule has 0 saturated heterocycles. The van der Waals surface area contributed by atoms with Crippen LogP contribution in [0, 0.1) is 6.92 Å². The van der Waals surface area contributed by atoms with Gasteiger partial charge in [-0.15, -0.1) is 11.3 Å². The Kier molecular flexibility index (Phi) is 3.75. The van der Waals surface area contributed by atoms with Gasteiger partial charge in [-0.1, -0.05) is 42.5 Å². The van der Waals surface area contributed by atoms with Gasteiger partial charge in [-0.05, 0) is 30.7 Å². The van der Waals surface area contributed by atoms with Crippen LogP contribution in [-0.2, 0) is 7.05 Å². The van der Waals surface area contributed by atoms with Crippen molar-refractivity contribution in [1.82, 2.24) is 14.5 Å². The van der Waals surface area contributed by atoms with Gasteiger partial charge in [0.15, 0.2) is 0 Å². The van der Waals surface area contributed by atoms with Crippen LogP contribution >= 0.6 is 11.3 Å². The van der Waals surface area contributed by atoms with Gasteiger partial charge >= 0.3 is 0 Å². The van der Waals surface area contributed by atoms with E-state index in [-0.39, 0.29) is 0 Å². The topological polar surface area (TPSA) is 30.7 Å². The second-order valence-electron chi connectivity index (χ2n) is 5.75. The standard InChI is InChI=1S/C20H17N3S/c1-14-13-24-20(21-14)16(12-15-8-4-3-5-9-15)19-22-17-10-6-7-11-18(17)23(19)2/h3-13H,1-2H3/b16-12-. The number of thiazole rings is 1. The first-order valence-corrected chi connectivity index (χ1v) is 8.71. The van der Waals surface area contributed by atoms with Gasteiger partial charge in [0.2, 0.25) is 0 Å². The van der Waals surface area contributed by atoms with Crippen molar-refractivity contribution in [2.45, 2.75) is 6.92 Å². The van der Waals surface area contributed by atoms with Crippen molar-refractivity contribution in [3.63, 3.8) is 0 Å². The summed E-state index contributed by atoms with van der Waals surface area (Å²) in [6, 6.07) is 18.5. The summed E-state index contributed by atoms with van der Waals surface area (Å²) in [5, 5.41) is 3.08. The molecule has 0 fully saturated rings. The number of nitrogens with zero attached hydrogens (tertiary/aromatic N) is 3. The molecule has 0 amide bonds. The van der Waals surface area contributed by atoms with Gasteiger partial charge in [-0.2, -0.15) is 0 Å². The third kappa shape index (κ3) is 2.65. The van der Waals surface area contributed by atoms with Crippen molar-refractivity contribution in [1.29, 1.82) is 0 Å². The van der Waals surface area contributed by atoms with Gasteiger partial charge in [0.05, 0.1) is 16.6 Å². The number of rotatable bonds is 3. The third-order valence-corrected chi connectivity index (χ3v) is 4.98. The summed E-state index contributed by atoms with van der Waals surface area (Å²) >= 11 is 1.66. The fourth-order valence-electron chi connectivity index (χ4n) is 2.80. The van der Waals surface area contributed by atoms with Crippen LogP contribution in [0.1, 0.15) is 22.1 Å². The highest BCUT2D eigenvalue weighted by molar-refractivity contribution is 7.11. The number of hydrogen-bond donors (Lipinski definition) is 0. The Morgan fingerprint density at radius 2 is 1.75 bits per heavy atom. The van der Waals surface area contributed by atoms with E-state index < -0.39 is 0 Å². The van der Waals surface area contributed by atoms with E-state index in [1.807, 2.05) is 43.3 Å². The van der Waals surface area contributed by atoms with E-state index in [0.29, 0.717) is 0 Å². The molecule has 4 rings (SSSR count). The lowest BCUT2D eigenvalue weighted by Gasteiger charge is -2.06. The van der Waals surface area contributed by atoms with E-state index in [9.17, 15) is 0 Å². The summed E-state index contributed by atoms with van der Waals surface area (Å²) in [7, 11) is 2.06. The summed E-state index contributed by atoms with van der Waals surface area (Å²) in [6.07, 6.45) is 2.17. The first kappa shape index (κ1) is 14.8. The zero-order chi connectivity index (χ0) is 16.5. The van der Waals surface area contributed by atoms with Crippen molar-refractivity contribution >= 4 is 34.0 Å². The van der Waals surface area contributed by atoms with Crippen LogP contribution in [0.15, 0.2) is 60.0 Å². The van der Waals surface area contributed by atoms with Gasteiger partial charge < -0.3 is 4.57 Å². The molecule has 0 aliphatic carbocycles. The Morgan fingerprint density at radius 3 is 2.46 bits per heavy atom. The number of benzene rings is 2. The number of imidazole rings is 1. The molecule has 0 atom stereocenters. The Hall–Kier alpha value is -2.72. The SMILES string of the molecule is Cc1csc(/C(=C\c2ccccc2)c2nc3ccccc3n2C)n1. The molecule has 118 valence electrons. The monoisotopic (exact) mass is 331 g/mol. The van der Waals surface area contributed by atoms with E-state index in [4.69, 9.17) is 9.97 Å². The fraction of sp³-hybridized carbons (Fsp3) is 0.100. The molecule has 0 spiro atoms. The van der Waals surface area contributed by atoms with Gasteiger partial charge in [0.25, 0.3) is 0 Å². The molecule has 0 bridgehead atoms. The molecule has 0 aliphatic rings. The molecular weight excluding hydrogens is 314 g/mol. The third-order valence-electron chi connectivity index (χ3n) is 3.99. The van der Waals surface area contributed by atoms with E-state index in [0.717, 1.165) is 38.7 Å². The first-order valence-electron chi connectivity index (χ1n) is 7.83. The minimum atomic E-state index is 0.939. The first-order chi connectivity index (χ1) is 11.7. The van der Waals surface area contributed by atoms with Crippen LogP contribution in [0.3, 0.4) is 0 Å². The van der Waals surface area contributed by atoms with Crippen LogP contribution in [-0.4, -0.2) is 14.5 Å². The summed E-state index contributed by atoms with van der Waals surface area (Å²) in [4.78, 5) is 9.55. The zero-order valence-corrected chi connectivity index (χ0v) is 14.4. The quantitative estimate of drug-likeness (QED) is 0.533. The average molecular weight is 331 g/mol. The Labute approximate surface area is 144 Å². The predicted octanol–water partition coefficient (Wildman–Crippen LogP) is 4.93. The second-order valence-corrected chi connectivity index (χ2v) is 6.60. The molecule has 24 heavy (non-hydrogen) atoms. The lowest BCUT2D eigenvalue weighted by Crippen LogP contribution is -1.99. The molecule has 0 radical (unpaired) electrons. The van der Waals surface area contributed by atoms with E-state index in [1.54, 1.807) is 11.3 Å². The van der Waals surface area contributed by atoms with Crippen LogP contribution in [0.25, 0.3) is 22.7 Å². The molecule has 0 N–H and O–H groups in total. The molecule has 0 unspecified atom stereocenters. The van der Waals surface area contributed by atoms with Gasteiger partial charge in [-0.3, -0.25) is 0 Å². The Balaban J connectivity index is 1.95. The van der Waals surface area contributed by atoms with Crippen molar-refractivity contribution < 1.29 is 0 Å². The van der Waals surface area contributed by atoms with Crippen LogP contribution in [0.5, 0.6) is 0 Å². The average Bonchev–Trinajstić information content (AvgIpc) is 3.18. The number of fused-ring (bicyclic) bond motifs is 1. The lowest BCUT2D eigenvalue weighted by molar-refractivity contribution is 0.922. The van der Waals surface area contributed by atoms with Crippen LogP contribution in [0.4, 0.5) is 0 Å². The summed E-state index contributed by atoms with van der Waals surface area (Å²) < 4.78 is 2.14. The smallest absolute Gasteiger partial charge is 0.143 e. The molecule has 0 aliphatic heterocycles. The highest BCUT2D eigenvalue weighted by atomic mass is 32.1. The largest absolute Gasteiger partial charge is 0.327 e. The summed E-state index contributed by atoms with van der Waals surface area (Å²) in [6.45, 7) is 2.02. The molecule has 4 aromatic rings. The van der Waals surface area contributed by atoms with Gasteiger partial charge in [0, 0.05) is 18.1 Å². The molecule has 4 heteroatoms. The highest BCUT2D eigenvalue weighted by Crippen LogP contribution is 2.30. The van der Waals surface area contributed by atoms with Gasteiger partial charge in [-0.25, -0.2) is 9.97 Å². The summed E-state index contributed by atoms with van der Waals surface area (Å²) in [5.41, 5.74) is 5.36. The van der Waals surface area contributed by atoms with E-state index in [1.165, 1.54) is 0 Å². The van der Waals surface area contributed by atoms with Crippen molar-refractivity contribution in [2.75, 3.05) is 0 Å². The Bertz CT molecular complexity index is 1030. The molecule has 2 aromatic carbocycles. The van der Waals surface area contributed by atoms with Gasteiger partial charge in [0.1, 0.15) is 10.8 Å². The zero-order valence-electron chi connectivity index (χ0n) is 13.6. The molecule has 3 nitrogen and oxygen atoms in total. The van der Waals surface area contributed by atoms with Crippen LogP contribution in [0.2, 0.25) is 0 Å². The number of aryl methyl sites for hydroxylation is 2. The normalized spacial score (nSPS) is 12.0. The maximum Gasteiger partial charge on any atom is 0.143 e. The molecular formula is C20H17N3S. The lowest BCUT2D eigenvalue weighted by atomic mass is 10.1. The highest BCUT2D eigenvalue weighted by Gasteiger charge is 2.16. The molecule has 2 heterocycles. The number of aromatic nitrogens is 3. The minimum absolute atomic E-state index is 0.939. The predicted molar refractivity (Wildman–Crippen MR) is 101 cm³/mol.